The molecule has 0 aliphatic heterocycles. The summed E-state index contributed by atoms with van der Waals surface area (Å²) in [6, 6.07) is 11.5. The Bertz CT molecular complexity index is 1210. The highest BCUT2D eigenvalue weighted by atomic mass is 32.1. The molecule has 5 nitrogen and oxygen atoms in total. The Hall–Kier alpha value is -3.46. The van der Waals surface area contributed by atoms with E-state index in [0.717, 1.165) is 23.5 Å². The highest BCUT2D eigenvalue weighted by molar-refractivity contribution is 7.21. The number of anilines is 2. The number of pyridine rings is 2. The molecule has 0 unspecified atom stereocenters. The number of benzene rings is 1. The average Bonchev–Trinajstić information content (AvgIpc) is 3.04. The lowest BCUT2D eigenvalue weighted by atomic mass is 10.1. The van der Waals surface area contributed by atoms with E-state index in [0.29, 0.717) is 27.2 Å². The Labute approximate surface area is 167 Å². The first-order valence-electron chi connectivity index (χ1n) is 8.41. The molecule has 3 heterocycles. The molecule has 0 fully saturated rings. The minimum Gasteiger partial charge on any atom is -0.397 e. The molecule has 1 amide bonds. The normalized spacial score (nSPS) is 11.6. The molecule has 4 aromatic rings. The quantitative estimate of drug-likeness (QED) is 0.482. The molecule has 3 aromatic heterocycles. The minimum absolute atomic E-state index is 0.277. The van der Waals surface area contributed by atoms with Crippen LogP contribution in [0.3, 0.4) is 0 Å². The minimum atomic E-state index is -4.44. The van der Waals surface area contributed by atoms with Gasteiger partial charge in [-0.1, -0.05) is 12.1 Å². The third-order valence-corrected chi connectivity index (χ3v) is 5.34. The summed E-state index contributed by atoms with van der Waals surface area (Å²) in [7, 11) is 0. The number of carbonyl (C=O) groups excluding carboxylic acids is 1. The van der Waals surface area contributed by atoms with Crippen molar-refractivity contribution in [2.24, 2.45) is 0 Å². The number of alkyl halides is 3. The van der Waals surface area contributed by atoms with Gasteiger partial charge in [0.2, 0.25) is 0 Å². The maximum absolute atomic E-state index is 13.0. The van der Waals surface area contributed by atoms with Crippen LogP contribution in [0, 0.1) is 0 Å². The van der Waals surface area contributed by atoms with E-state index in [2.05, 4.69) is 15.3 Å². The fourth-order valence-electron chi connectivity index (χ4n) is 2.80. The summed E-state index contributed by atoms with van der Waals surface area (Å²) < 4.78 is 38.9. The van der Waals surface area contributed by atoms with E-state index >= 15 is 0 Å². The summed E-state index contributed by atoms with van der Waals surface area (Å²) in [5.74, 6) is -0.391. The molecular formula is C20H13F3N4OS. The molecule has 3 N–H and O–H groups in total. The predicted molar refractivity (Wildman–Crippen MR) is 107 cm³/mol. The Morgan fingerprint density at radius 2 is 1.83 bits per heavy atom. The van der Waals surface area contributed by atoms with Crippen LogP contribution in [0.1, 0.15) is 15.2 Å². The lowest BCUT2D eigenvalue weighted by Crippen LogP contribution is -2.11. The van der Waals surface area contributed by atoms with E-state index in [1.54, 1.807) is 42.7 Å². The molecule has 29 heavy (non-hydrogen) atoms. The SMILES string of the molecule is Nc1c(C(=O)Nc2ccncc2)sc2nc(-c3cccc(C(F)(F)F)c3)ccc12. The van der Waals surface area contributed by atoms with Gasteiger partial charge in [0.15, 0.2) is 0 Å². The monoisotopic (exact) mass is 414 g/mol. The number of nitrogens with one attached hydrogen (secondary N) is 1. The number of amides is 1. The van der Waals surface area contributed by atoms with Gasteiger partial charge in [-0.05, 0) is 36.4 Å². The molecule has 0 saturated carbocycles. The summed E-state index contributed by atoms with van der Waals surface area (Å²) in [6.45, 7) is 0. The lowest BCUT2D eigenvalue weighted by molar-refractivity contribution is -0.137. The van der Waals surface area contributed by atoms with Crippen molar-refractivity contribution < 1.29 is 18.0 Å². The van der Waals surface area contributed by atoms with Crippen LogP contribution in [0.2, 0.25) is 0 Å². The maximum Gasteiger partial charge on any atom is 0.416 e. The van der Waals surface area contributed by atoms with Crippen LogP contribution in [-0.2, 0) is 6.18 Å². The van der Waals surface area contributed by atoms with Crippen molar-refractivity contribution in [1.29, 1.82) is 0 Å². The highest BCUT2D eigenvalue weighted by Gasteiger charge is 2.30. The van der Waals surface area contributed by atoms with Crippen LogP contribution in [0.15, 0.2) is 60.9 Å². The van der Waals surface area contributed by atoms with E-state index in [1.807, 2.05) is 0 Å². The standard InChI is InChI=1S/C20H13F3N4OS/c21-20(22,23)12-3-1-2-11(10-12)15-5-4-14-16(24)17(29-19(14)27-15)18(28)26-13-6-8-25-9-7-13/h1-10H,24H2,(H,25,26,28). The zero-order chi connectivity index (χ0) is 20.6. The number of aromatic nitrogens is 2. The molecule has 0 aliphatic carbocycles. The van der Waals surface area contributed by atoms with Gasteiger partial charge in [0.25, 0.3) is 5.91 Å². The number of nitrogens with two attached hydrogens (primary N) is 1. The van der Waals surface area contributed by atoms with Crippen molar-refractivity contribution in [2.45, 2.75) is 6.18 Å². The van der Waals surface area contributed by atoms with E-state index in [1.165, 1.54) is 6.07 Å². The second-order valence-electron chi connectivity index (χ2n) is 6.16. The number of halogens is 3. The number of fused-ring (bicyclic) bond motifs is 1. The molecular weight excluding hydrogens is 401 g/mol. The van der Waals surface area contributed by atoms with Crippen molar-refractivity contribution in [3.63, 3.8) is 0 Å². The summed E-state index contributed by atoms with van der Waals surface area (Å²) in [5, 5.41) is 3.30. The van der Waals surface area contributed by atoms with E-state index in [9.17, 15) is 18.0 Å². The van der Waals surface area contributed by atoms with Gasteiger partial charge in [0, 0.05) is 29.0 Å². The van der Waals surface area contributed by atoms with Gasteiger partial charge in [-0.2, -0.15) is 13.2 Å². The van der Waals surface area contributed by atoms with Crippen LogP contribution >= 0.6 is 11.3 Å². The van der Waals surface area contributed by atoms with Crippen molar-refractivity contribution in [3.8, 4) is 11.3 Å². The van der Waals surface area contributed by atoms with Crippen molar-refractivity contribution in [3.05, 3.63) is 71.4 Å². The summed E-state index contributed by atoms with van der Waals surface area (Å²) >= 11 is 1.08. The maximum atomic E-state index is 13.0. The first-order chi connectivity index (χ1) is 13.8. The molecule has 4 rings (SSSR count). The number of nitrogen functional groups attached to an aromatic ring is 1. The van der Waals surface area contributed by atoms with E-state index < -0.39 is 17.6 Å². The molecule has 0 saturated heterocycles. The molecule has 0 atom stereocenters. The Balaban J connectivity index is 1.70. The third kappa shape index (κ3) is 3.77. The van der Waals surface area contributed by atoms with Gasteiger partial charge in [-0.25, -0.2) is 4.98 Å². The van der Waals surface area contributed by atoms with Gasteiger partial charge in [0.05, 0.1) is 16.9 Å². The van der Waals surface area contributed by atoms with Crippen LogP contribution in [-0.4, -0.2) is 15.9 Å². The molecule has 9 heteroatoms. The Morgan fingerprint density at radius 3 is 2.55 bits per heavy atom. The third-order valence-electron chi connectivity index (χ3n) is 4.22. The fourth-order valence-corrected chi connectivity index (χ4v) is 3.79. The van der Waals surface area contributed by atoms with Crippen molar-refractivity contribution in [2.75, 3.05) is 11.1 Å². The Morgan fingerprint density at radius 1 is 1.07 bits per heavy atom. The van der Waals surface area contributed by atoms with Gasteiger partial charge in [0.1, 0.15) is 9.71 Å². The largest absolute Gasteiger partial charge is 0.416 e. The predicted octanol–water partition coefficient (Wildman–Crippen LogP) is 5.21. The number of nitrogens with zero attached hydrogens (tertiary/aromatic N) is 2. The van der Waals surface area contributed by atoms with Crippen LogP contribution in [0.5, 0.6) is 0 Å². The van der Waals surface area contributed by atoms with Crippen LogP contribution in [0.25, 0.3) is 21.5 Å². The van der Waals surface area contributed by atoms with Gasteiger partial charge < -0.3 is 11.1 Å². The lowest BCUT2D eigenvalue weighted by Gasteiger charge is -2.08. The first kappa shape index (κ1) is 18.9. The zero-order valence-electron chi connectivity index (χ0n) is 14.7. The smallest absolute Gasteiger partial charge is 0.397 e. The van der Waals surface area contributed by atoms with Crippen LogP contribution in [0.4, 0.5) is 24.5 Å². The number of thiophene rings is 1. The number of hydrogen-bond donors (Lipinski definition) is 2. The molecule has 0 spiro atoms. The number of hydrogen-bond acceptors (Lipinski definition) is 5. The van der Waals surface area contributed by atoms with E-state index in [-0.39, 0.29) is 10.6 Å². The van der Waals surface area contributed by atoms with Gasteiger partial charge in [-0.15, -0.1) is 11.3 Å². The average molecular weight is 414 g/mol. The number of carbonyl (C=O) groups is 1. The second-order valence-corrected chi connectivity index (χ2v) is 7.16. The Kier molecular flexibility index (Phi) is 4.67. The number of rotatable bonds is 3. The summed E-state index contributed by atoms with van der Waals surface area (Å²) in [6.07, 6.45) is -1.34. The summed E-state index contributed by atoms with van der Waals surface area (Å²) in [5.41, 5.74) is 6.91. The van der Waals surface area contributed by atoms with Crippen molar-refractivity contribution in [1.82, 2.24) is 9.97 Å². The second kappa shape index (κ2) is 7.17. The van der Waals surface area contributed by atoms with Gasteiger partial charge >= 0.3 is 6.18 Å². The molecule has 0 aliphatic rings. The van der Waals surface area contributed by atoms with Crippen molar-refractivity contribution >= 4 is 38.8 Å². The zero-order valence-corrected chi connectivity index (χ0v) is 15.5. The van der Waals surface area contributed by atoms with E-state index in [4.69, 9.17) is 5.73 Å². The molecule has 0 bridgehead atoms. The highest BCUT2D eigenvalue weighted by Crippen LogP contribution is 2.36. The topological polar surface area (TPSA) is 80.9 Å². The molecule has 146 valence electrons. The summed E-state index contributed by atoms with van der Waals surface area (Å²) in [4.78, 5) is 21.6. The fraction of sp³-hybridized carbons (Fsp3) is 0.0500. The first-order valence-corrected chi connectivity index (χ1v) is 9.22. The molecule has 1 aromatic carbocycles. The molecule has 0 radical (unpaired) electrons. The van der Waals surface area contributed by atoms with Gasteiger partial charge in [-0.3, -0.25) is 9.78 Å². The van der Waals surface area contributed by atoms with Crippen LogP contribution < -0.4 is 11.1 Å².